The zero-order valence-corrected chi connectivity index (χ0v) is 16.0. The van der Waals surface area contributed by atoms with Gasteiger partial charge in [0.1, 0.15) is 27.7 Å². The maximum atomic E-state index is 12.5. The van der Waals surface area contributed by atoms with Gasteiger partial charge in [-0.2, -0.15) is 8.42 Å². The maximum Gasteiger partial charge on any atom is 0.339 e. The molecule has 1 heterocycles. The van der Waals surface area contributed by atoms with Gasteiger partial charge in [0.15, 0.2) is 0 Å². The smallest absolute Gasteiger partial charge is 0.339 e. The minimum atomic E-state index is -4.00. The van der Waals surface area contributed by atoms with Gasteiger partial charge in [-0.25, -0.2) is 0 Å². The average Bonchev–Trinajstić information content (AvgIpc) is 2.52. The summed E-state index contributed by atoms with van der Waals surface area (Å²) < 4.78 is 41.5. The van der Waals surface area contributed by atoms with Crippen LogP contribution < -0.4 is 13.7 Å². The third kappa shape index (κ3) is 3.64. The summed E-state index contributed by atoms with van der Waals surface area (Å²) >= 11 is 0. The van der Waals surface area contributed by atoms with Crippen LogP contribution in [0, 0.1) is 6.92 Å². The second-order valence-electron chi connectivity index (χ2n) is 6.97. The number of ether oxygens (including phenoxy) is 2. The van der Waals surface area contributed by atoms with E-state index in [1.807, 2.05) is 20.8 Å². The minimum absolute atomic E-state index is 0.0565. The van der Waals surface area contributed by atoms with Crippen LogP contribution in [-0.4, -0.2) is 26.2 Å². The van der Waals surface area contributed by atoms with Gasteiger partial charge < -0.3 is 18.8 Å². The van der Waals surface area contributed by atoms with E-state index in [1.54, 1.807) is 12.1 Å². The highest BCUT2D eigenvalue weighted by atomic mass is 32.2. The predicted octanol–water partition coefficient (Wildman–Crippen LogP) is 3.37. The van der Waals surface area contributed by atoms with E-state index in [4.69, 9.17) is 13.7 Å². The molecule has 1 atom stereocenters. The van der Waals surface area contributed by atoms with Crippen LogP contribution in [-0.2, 0) is 10.1 Å². The van der Waals surface area contributed by atoms with E-state index >= 15 is 0 Å². The van der Waals surface area contributed by atoms with Crippen LogP contribution in [0.3, 0.4) is 0 Å². The van der Waals surface area contributed by atoms with Crippen molar-refractivity contribution in [1.29, 1.82) is 0 Å². The van der Waals surface area contributed by atoms with E-state index in [0.717, 1.165) is 5.56 Å². The standard InChI is InChI=1S/C19H22O6S/c1-12-5-7-14(8-6-12)26(21,22)25-13-9-16(23-4)18-15(20)11-19(2,3)24-17(18)10-13/h5-10,15,20H,11H2,1-4H3. The molecule has 0 radical (unpaired) electrons. The molecule has 1 aliphatic heterocycles. The Hall–Kier alpha value is -2.25. The topological polar surface area (TPSA) is 82.1 Å². The second-order valence-corrected chi connectivity index (χ2v) is 8.52. The molecule has 3 rings (SSSR count). The first-order valence-corrected chi connectivity index (χ1v) is 9.62. The molecule has 0 bridgehead atoms. The van der Waals surface area contributed by atoms with Gasteiger partial charge in [0.05, 0.1) is 18.8 Å². The third-order valence-corrected chi connectivity index (χ3v) is 5.48. The van der Waals surface area contributed by atoms with Gasteiger partial charge >= 0.3 is 10.1 Å². The van der Waals surface area contributed by atoms with Crippen LogP contribution in [0.25, 0.3) is 0 Å². The molecule has 7 heteroatoms. The largest absolute Gasteiger partial charge is 0.496 e. The van der Waals surface area contributed by atoms with Crippen LogP contribution in [0.1, 0.15) is 37.5 Å². The van der Waals surface area contributed by atoms with E-state index < -0.39 is 21.8 Å². The monoisotopic (exact) mass is 378 g/mol. The molecule has 1 N–H and O–H groups in total. The highest BCUT2D eigenvalue weighted by Gasteiger charge is 2.36. The number of hydrogen-bond donors (Lipinski definition) is 1. The second kappa shape index (κ2) is 6.48. The molecular weight excluding hydrogens is 356 g/mol. The normalized spacial score (nSPS) is 18.6. The lowest BCUT2D eigenvalue weighted by Gasteiger charge is -2.36. The Morgan fingerprint density at radius 3 is 2.46 bits per heavy atom. The van der Waals surface area contributed by atoms with Crippen molar-refractivity contribution in [2.45, 2.75) is 43.8 Å². The number of fused-ring (bicyclic) bond motifs is 1. The molecule has 0 aliphatic carbocycles. The van der Waals surface area contributed by atoms with Crippen molar-refractivity contribution >= 4 is 10.1 Å². The summed E-state index contributed by atoms with van der Waals surface area (Å²) in [6.45, 7) is 5.57. The first-order valence-electron chi connectivity index (χ1n) is 8.21. The molecule has 2 aromatic carbocycles. The summed E-state index contributed by atoms with van der Waals surface area (Å²) in [5.74, 6) is 0.730. The van der Waals surface area contributed by atoms with Crippen molar-refractivity contribution in [1.82, 2.24) is 0 Å². The van der Waals surface area contributed by atoms with Gasteiger partial charge in [-0.15, -0.1) is 0 Å². The Kier molecular flexibility index (Phi) is 4.62. The van der Waals surface area contributed by atoms with Gasteiger partial charge in [0, 0.05) is 18.6 Å². The quantitative estimate of drug-likeness (QED) is 0.822. The molecule has 0 amide bonds. The number of aliphatic hydroxyl groups excluding tert-OH is 1. The number of benzene rings is 2. The highest BCUT2D eigenvalue weighted by Crippen LogP contribution is 2.46. The van der Waals surface area contributed by atoms with Crippen LogP contribution in [0.4, 0.5) is 0 Å². The van der Waals surface area contributed by atoms with Gasteiger partial charge in [0.2, 0.25) is 0 Å². The molecule has 0 fully saturated rings. The molecule has 0 aromatic heterocycles. The van der Waals surface area contributed by atoms with E-state index in [0.29, 0.717) is 23.5 Å². The molecule has 140 valence electrons. The van der Waals surface area contributed by atoms with Crippen LogP contribution in [0.5, 0.6) is 17.2 Å². The zero-order chi connectivity index (χ0) is 19.1. The Morgan fingerprint density at radius 2 is 1.85 bits per heavy atom. The number of methoxy groups -OCH3 is 1. The summed E-state index contributed by atoms with van der Waals surface area (Å²) in [5.41, 5.74) is 0.849. The van der Waals surface area contributed by atoms with Crippen LogP contribution in [0.15, 0.2) is 41.3 Å². The minimum Gasteiger partial charge on any atom is -0.496 e. The molecule has 1 aliphatic rings. The average molecular weight is 378 g/mol. The van der Waals surface area contributed by atoms with Crippen LogP contribution >= 0.6 is 0 Å². The Morgan fingerprint density at radius 1 is 1.19 bits per heavy atom. The van der Waals surface area contributed by atoms with Crippen LogP contribution in [0.2, 0.25) is 0 Å². The first kappa shape index (κ1) is 18.5. The van der Waals surface area contributed by atoms with Gasteiger partial charge in [-0.3, -0.25) is 0 Å². The Balaban J connectivity index is 2.00. The summed E-state index contributed by atoms with van der Waals surface area (Å²) in [4.78, 5) is 0.0565. The number of aryl methyl sites for hydroxylation is 1. The van der Waals surface area contributed by atoms with Crippen molar-refractivity contribution in [3.8, 4) is 17.2 Å². The van der Waals surface area contributed by atoms with Gasteiger partial charge in [-0.1, -0.05) is 17.7 Å². The maximum absolute atomic E-state index is 12.5. The lowest BCUT2D eigenvalue weighted by Crippen LogP contribution is -2.35. The van der Waals surface area contributed by atoms with Crippen molar-refractivity contribution in [2.75, 3.05) is 7.11 Å². The lowest BCUT2D eigenvalue weighted by atomic mass is 9.91. The summed E-state index contributed by atoms with van der Waals surface area (Å²) in [6.07, 6.45) is -0.371. The Labute approximate surface area is 153 Å². The molecule has 26 heavy (non-hydrogen) atoms. The molecule has 1 unspecified atom stereocenters. The summed E-state index contributed by atoms with van der Waals surface area (Å²) in [6, 6.07) is 9.29. The predicted molar refractivity (Wildman–Crippen MR) is 96.3 cm³/mol. The summed E-state index contributed by atoms with van der Waals surface area (Å²) in [7, 11) is -2.55. The van der Waals surface area contributed by atoms with E-state index in [-0.39, 0.29) is 10.6 Å². The fourth-order valence-electron chi connectivity index (χ4n) is 2.99. The van der Waals surface area contributed by atoms with E-state index in [2.05, 4.69) is 0 Å². The SMILES string of the molecule is COc1cc(OS(=O)(=O)c2ccc(C)cc2)cc2c1C(O)CC(C)(C)O2. The first-order chi connectivity index (χ1) is 12.1. The number of rotatable bonds is 4. The molecule has 6 nitrogen and oxygen atoms in total. The highest BCUT2D eigenvalue weighted by molar-refractivity contribution is 7.87. The third-order valence-electron chi connectivity index (χ3n) is 4.22. The van der Waals surface area contributed by atoms with Gasteiger partial charge in [0.25, 0.3) is 0 Å². The van der Waals surface area contributed by atoms with Crippen molar-refractivity contribution in [2.24, 2.45) is 0 Å². The number of aliphatic hydroxyl groups is 1. The van der Waals surface area contributed by atoms with Crippen molar-refractivity contribution < 1.29 is 27.2 Å². The molecule has 0 saturated heterocycles. The van der Waals surface area contributed by atoms with E-state index in [9.17, 15) is 13.5 Å². The fourth-order valence-corrected chi connectivity index (χ4v) is 3.91. The molecular formula is C19H22O6S. The summed E-state index contributed by atoms with van der Waals surface area (Å²) in [5, 5.41) is 10.4. The molecule has 0 spiro atoms. The van der Waals surface area contributed by atoms with Gasteiger partial charge in [-0.05, 0) is 32.9 Å². The zero-order valence-electron chi connectivity index (χ0n) is 15.1. The Bertz CT molecular complexity index is 916. The number of hydrogen-bond acceptors (Lipinski definition) is 6. The molecule has 2 aromatic rings. The fraction of sp³-hybridized carbons (Fsp3) is 0.368. The molecule has 0 saturated carbocycles. The van der Waals surface area contributed by atoms with E-state index in [1.165, 1.54) is 31.4 Å². The van der Waals surface area contributed by atoms with Crippen molar-refractivity contribution in [3.05, 3.63) is 47.5 Å². The lowest BCUT2D eigenvalue weighted by molar-refractivity contribution is 0.00991. The van der Waals surface area contributed by atoms with Crippen molar-refractivity contribution in [3.63, 3.8) is 0 Å².